The molecule has 0 bridgehead atoms. The summed E-state index contributed by atoms with van der Waals surface area (Å²) in [6, 6.07) is 1.87. The van der Waals surface area contributed by atoms with Crippen LogP contribution in [0.4, 0.5) is 5.82 Å². The summed E-state index contributed by atoms with van der Waals surface area (Å²) in [5.41, 5.74) is 8.30. The van der Waals surface area contributed by atoms with Gasteiger partial charge in [0.15, 0.2) is 0 Å². The lowest BCUT2D eigenvalue weighted by Gasteiger charge is -2.00. The Morgan fingerprint density at radius 1 is 1.32 bits per heavy atom. The number of anilines is 1. The highest BCUT2D eigenvalue weighted by Gasteiger charge is 2.15. The number of nitrogens with two attached hydrogens (primary N) is 1. The van der Waals surface area contributed by atoms with Crippen LogP contribution in [0.2, 0.25) is 0 Å². The molecular weight excluding hydrogens is 244 g/mol. The highest BCUT2D eigenvalue weighted by atomic mass is 16.5. The van der Waals surface area contributed by atoms with Crippen LogP contribution in [-0.2, 0) is 6.42 Å². The first-order chi connectivity index (χ1) is 9.29. The van der Waals surface area contributed by atoms with Crippen molar-refractivity contribution in [3.05, 3.63) is 30.2 Å². The van der Waals surface area contributed by atoms with Gasteiger partial charge in [0, 0.05) is 18.0 Å². The third kappa shape index (κ3) is 1.95. The second kappa shape index (κ2) is 4.52. The van der Waals surface area contributed by atoms with Crippen molar-refractivity contribution in [1.82, 2.24) is 25.3 Å². The first kappa shape index (κ1) is 11.4. The van der Waals surface area contributed by atoms with Crippen molar-refractivity contribution in [2.75, 3.05) is 5.73 Å². The molecule has 3 aromatic heterocycles. The Morgan fingerprint density at radius 2 is 2.21 bits per heavy atom. The summed E-state index contributed by atoms with van der Waals surface area (Å²) >= 11 is 0. The molecule has 0 atom stereocenters. The molecule has 3 heterocycles. The van der Waals surface area contributed by atoms with Crippen LogP contribution in [0.15, 0.2) is 29.2 Å². The average molecular weight is 256 g/mol. The minimum absolute atomic E-state index is 0.347. The smallest absolute Gasteiger partial charge is 0.263 e. The summed E-state index contributed by atoms with van der Waals surface area (Å²) in [4.78, 5) is 8.44. The molecule has 3 aromatic rings. The van der Waals surface area contributed by atoms with E-state index in [1.165, 1.54) is 0 Å². The largest absolute Gasteiger partial charge is 0.383 e. The Hall–Kier alpha value is -2.70. The average Bonchev–Trinajstić information content (AvgIpc) is 3.07. The van der Waals surface area contributed by atoms with E-state index in [-0.39, 0.29) is 0 Å². The predicted molar refractivity (Wildman–Crippen MR) is 68.9 cm³/mol. The molecule has 0 unspecified atom stereocenters. The van der Waals surface area contributed by atoms with E-state index in [4.69, 9.17) is 10.3 Å². The molecule has 3 N–H and O–H groups in total. The van der Waals surface area contributed by atoms with Gasteiger partial charge in [-0.1, -0.05) is 12.1 Å². The second-order valence-corrected chi connectivity index (χ2v) is 4.01. The van der Waals surface area contributed by atoms with Gasteiger partial charge >= 0.3 is 0 Å². The van der Waals surface area contributed by atoms with E-state index in [0.717, 1.165) is 17.5 Å². The molecule has 7 heteroatoms. The van der Waals surface area contributed by atoms with Crippen molar-refractivity contribution < 1.29 is 4.52 Å². The number of rotatable bonds is 3. The van der Waals surface area contributed by atoms with Gasteiger partial charge in [-0.2, -0.15) is 10.1 Å². The van der Waals surface area contributed by atoms with Gasteiger partial charge in [0.1, 0.15) is 11.4 Å². The number of nitrogens with zero attached hydrogens (tertiary/aromatic N) is 4. The molecule has 0 spiro atoms. The molecule has 0 aliphatic heterocycles. The van der Waals surface area contributed by atoms with Crippen LogP contribution in [0, 0.1) is 0 Å². The first-order valence-corrected chi connectivity index (χ1v) is 5.85. The second-order valence-electron chi connectivity index (χ2n) is 4.01. The molecule has 0 aromatic carbocycles. The summed E-state index contributed by atoms with van der Waals surface area (Å²) in [7, 11) is 0. The van der Waals surface area contributed by atoms with Crippen molar-refractivity contribution in [2.24, 2.45) is 0 Å². The maximum absolute atomic E-state index is 5.72. The van der Waals surface area contributed by atoms with Gasteiger partial charge in [-0.25, -0.2) is 0 Å². The van der Waals surface area contributed by atoms with Crippen LogP contribution < -0.4 is 5.73 Å². The Kier molecular flexibility index (Phi) is 2.71. The normalized spacial score (nSPS) is 10.8. The highest BCUT2D eigenvalue weighted by Crippen LogP contribution is 2.26. The fourth-order valence-electron chi connectivity index (χ4n) is 1.84. The fraction of sp³-hybridized carbons (Fsp3) is 0.167. The van der Waals surface area contributed by atoms with E-state index in [1.54, 1.807) is 18.6 Å². The minimum atomic E-state index is 0.347. The van der Waals surface area contributed by atoms with Crippen molar-refractivity contribution >= 4 is 5.82 Å². The number of nitrogens with one attached hydrogen (secondary N) is 1. The summed E-state index contributed by atoms with van der Waals surface area (Å²) in [6.45, 7) is 2.05. The van der Waals surface area contributed by atoms with Gasteiger partial charge in [-0.05, 0) is 18.1 Å². The van der Waals surface area contributed by atoms with Gasteiger partial charge in [0.2, 0.25) is 5.82 Å². The summed E-state index contributed by atoms with van der Waals surface area (Å²) < 4.78 is 5.22. The lowest BCUT2D eigenvalue weighted by Crippen LogP contribution is -1.91. The summed E-state index contributed by atoms with van der Waals surface area (Å²) in [6.07, 6.45) is 5.91. The van der Waals surface area contributed by atoms with Crippen molar-refractivity contribution in [3.8, 4) is 22.8 Å². The molecule has 0 amide bonds. The van der Waals surface area contributed by atoms with Gasteiger partial charge < -0.3 is 10.3 Å². The van der Waals surface area contributed by atoms with Gasteiger partial charge in [-0.3, -0.25) is 10.1 Å². The molecule has 96 valence electrons. The number of H-pyrrole nitrogens is 1. The third-order valence-electron chi connectivity index (χ3n) is 2.85. The molecule has 7 nitrogen and oxygen atoms in total. The van der Waals surface area contributed by atoms with Crippen molar-refractivity contribution in [3.63, 3.8) is 0 Å². The van der Waals surface area contributed by atoms with E-state index in [1.807, 2.05) is 6.07 Å². The topological polar surface area (TPSA) is 107 Å². The lowest BCUT2D eigenvalue weighted by atomic mass is 10.1. The Bertz CT molecular complexity index is 702. The van der Waals surface area contributed by atoms with Crippen molar-refractivity contribution in [1.29, 1.82) is 0 Å². The Morgan fingerprint density at radius 3 is 2.95 bits per heavy atom. The molecule has 0 saturated heterocycles. The summed E-state index contributed by atoms with van der Waals surface area (Å²) in [5.74, 6) is 1.27. The van der Waals surface area contributed by atoms with Crippen LogP contribution >= 0.6 is 0 Å². The molecule has 19 heavy (non-hydrogen) atoms. The molecule has 0 saturated carbocycles. The number of hydrogen-bond donors (Lipinski definition) is 2. The van der Waals surface area contributed by atoms with E-state index < -0.39 is 0 Å². The van der Waals surface area contributed by atoms with Crippen LogP contribution in [0.5, 0.6) is 0 Å². The standard InChI is InChI=1S/C12H12N6O/c1-2-7-5-14-4-3-8(7)11-16-12(19-18-11)9-6-15-17-10(9)13/h3-6H,2H2,1H3,(H3,13,15,17). The number of aromatic amines is 1. The van der Waals surface area contributed by atoms with Crippen LogP contribution in [0.3, 0.4) is 0 Å². The minimum Gasteiger partial charge on any atom is -0.383 e. The number of aryl methyl sites for hydroxylation is 1. The molecule has 0 radical (unpaired) electrons. The molecule has 0 aliphatic carbocycles. The number of aromatic nitrogens is 5. The number of hydrogen-bond acceptors (Lipinski definition) is 6. The molecular formula is C12H12N6O. The van der Waals surface area contributed by atoms with Gasteiger partial charge in [0.25, 0.3) is 5.89 Å². The van der Waals surface area contributed by atoms with Crippen LogP contribution in [-0.4, -0.2) is 25.3 Å². The van der Waals surface area contributed by atoms with Crippen molar-refractivity contribution in [2.45, 2.75) is 13.3 Å². The van der Waals surface area contributed by atoms with E-state index in [9.17, 15) is 0 Å². The monoisotopic (exact) mass is 256 g/mol. The van der Waals surface area contributed by atoms with Crippen LogP contribution in [0.25, 0.3) is 22.8 Å². The molecule has 0 aliphatic rings. The SMILES string of the molecule is CCc1cnccc1-c1noc(-c2cn[nH]c2N)n1. The predicted octanol–water partition coefficient (Wildman–Crippen LogP) is 1.67. The summed E-state index contributed by atoms with van der Waals surface area (Å²) in [5, 5.41) is 10.4. The Balaban J connectivity index is 2.04. The first-order valence-electron chi connectivity index (χ1n) is 5.85. The maximum atomic E-state index is 5.72. The Labute approximate surface area is 108 Å². The lowest BCUT2D eigenvalue weighted by molar-refractivity contribution is 0.432. The zero-order chi connectivity index (χ0) is 13.2. The highest BCUT2D eigenvalue weighted by molar-refractivity contribution is 5.68. The van der Waals surface area contributed by atoms with E-state index >= 15 is 0 Å². The fourth-order valence-corrected chi connectivity index (χ4v) is 1.84. The quantitative estimate of drug-likeness (QED) is 0.738. The van der Waals surface area contributed by atoms with E-state index in [2.05, 4.69) is 32.2 Å². The zero-order valence-electron chi connectivity index (χ0n) is 10.3. The number of pyridine rings is 1. The maximum Gasteiger partial charge on any atom is 0.263 e. The van der Waals surface area contributed by atoms with E-state index in [0.29, 0.717) is 23.1 Å². The van der Waals surface area contributed by atoms with Gasteiger partial charge in [-0.15, -0.1) is 0 Å². The molecule has 0 fully saturated rings. The van der Waals surface area contributed by atoms with Crippen LogP contribution in [0.1, 0.15) is 12.5 Å². The zero-order valence-corrected chi connectivity index (χ0v) is 10.3. The molecule has 3 rings (SSSR count). The number of nitrogen functional groups attached to an aromatic ring is 1. The van der Waals surface area contributed by atoms with Gasteiger partial charge in [0.05, 0.1) is 6.20 Å². The third-order valence-corrected chi connectivity index (χ3v) is 2.85.